The van der Waals surface area contributed by atoms with Crippen molar-refractivity contribution in [2.45, 2.75) is 19.9 Å². The third-order valence-corrected chi connectivity index (χ3v) is 3.14. The summed E-state index contributed by atoms with van der Waals surface area (Å²) in [5.74, 6) is -0.226. The van der Waals surface area contributed by atoms with Crippen LogP contribution in [0.25, 0.3) is 11.0 Å². The Morgan fingerprint density at radius 3 is 3.06 bits per heavy atom. The van der Waals surface area contributed by atoms with Gasteiger partial charge in [0.2, 0.25) is 0 Å². The van der Waals surface area contributed by atoms with Gasteiger partial charge in [-0.1, -0.05) is 11.6 Å². The highest BCUT2D eigenvalue weighted by atomic mass is 35.5. The summed E-state index contributed by atoms with van der Waals surface area (Å²) in [6, 6.07) is 5.49. The van der Waals surface area contributed by atoms with E-state index in [4.69, 9.17) is 28.6 Å². The molecule has 0 saturated heterocycles. The number of carbonyl (C=O) groups is 1. The quantitative estimate of drug-likeness (QED) is 0.692. The van der Waals surface area contributed by atoms with Crippen molar-refractivity contribution in [3.8, 4) is 0 Å². The molecule has 0 unspecified atom stereocenters. The van der Waals surface area contributed by atoms with Gasteiger partial charge in [-0.15, -0.1) is 0 Å². The average Bonchev–Trinajstić information content (AvgIpc) is 2.62. The topological polar surface area (TPSA) is 47.0 Å². The van der Waals surface area contributed by atoms with Gasteiger partial charge in [-0.25, -0.2) is 0 Å². The summed E-state index contributed by atoms with van der Waals surface area (Å²) in [6.07, 6.45) is 0.293. The molecule has 0 spiro atoms. The number of nitrogens with one attached hydrogen (secondary N) is 1. The minimum atomic E-state index is -0.226. The molecule has 1 aromatic heterocycles. The van der Waals surface area contributed by atoms with Crippen molar-refractivity contribution in [3.05, 3.63) is 28.0 Å². The first kappa shape index (κ1) is 13.1. The van der Waals surface area contributed by atoms with Crippen molar-refractivity contribution in [2.75, 3.05) is 6.61 Å². The van der Waals surface area contributed by atoms with Gasteiger partial charge in [0.25, 0.3) is 0 Å². The molecule has 2 aromatic rings. The summed E-state index contributed by atoms with van der Waals surface area (Å²) in [4.78, 5) is 14.4. The summed E-state index contributed by atoms with van der Waals surface area (Å²) in [6.45, 7) is 2.66. The second-order valence-electron chi connectivity index (χ2n) is 3.80. The molecule has 0 atom stereocenters. The summed E-state index contributed by atoms with van der Waals surface area (Å²) < 4.78 is 7.33. The van der Waals surface area contributed by atoms with Gasteiger partial charge in [0.15, 0.2) is 4.77 Å². The van der Waals surface area contributed by atoms with Crippen LogP contribution in [-0.4, -0.2) is 22.1 Å². The first-order chi connectivity index (χ1) is 8.61. The number of halogens is 1. The number of fused-ring (bicyclic) bond motifs is 1. The van der Waals surface area contributed by atoms with Crippen molar-refractivity contribution in [1.29, 1.82) is 0 Å². The fourth-order valence-corrected chi connectivity index (χ4v) is 2.25. The number of nitrogens with zero attached hydrogens (tertiary/aromatic N) is 1. The lowest BCUT2D eigenvalue weighted by atomic mass is 10.3. The summed E-state index contributed by atoms with van der Waals surface area (Å²) in [5, 5.41) is 0.640. The molecule has 0 amide bonds. The maximum absolute atomic E-state index is 11.3. The van der Waals surface area contributed by atoms with Crippen LogP contribution in [0.2, 0.25) is 5.02 Å². The third-order valence-electron chi connectivity index (χ3n) is 2.58. The number of H-pyrrole nitrogens is 1. The highest BCUT2D eigenvalue weighted by Crippen LogP contribution is 2.19. The van der Waals surface area contributed by atoms with E-state index in [-0.39, 0.29) is 5.97 Å². The first-order valence-electron chi connectivity index (χ1n) is 5.65. The van der Waals surface area contributed by atoms with Crippen LogP contribution >= 0.6 is 23.8 Å². The Hall–Kier alpha value is -1.33. The zero-order valence-electron chi connectivity index (χ0n) is 9.90. The molecule has 0 aliphatic heterocycles. The summed E-state index contributed by atoms with van der Waals surface area (Å²) in [5.41, 5.74) is 1.81. The van der Waals surface area contributed by atoms with Crippen LogP contribution in [0.3, 0.4) is 0 Å². The predicted molar refractivity (Wildman–Crippen MR) is 73.4 cm³/mol. The highest BCUT2D eigenvalue weighted by Gasteiger charge is 2.08. The molecule has 18 heavy (non-hydrogen) atoms. The lowest BCUT2D eigenvalue weighted by molar-refractivity contribution is -0.143. The molecule has 6 heteroatoms. The number of rotatable bonds is 4. The Morgan fingerprint density at radius 1 is 1.56 bits per heavy atom. The van der Waals surface area contributed by atoms with Gasteiger partial charge in [-0.3, -0.25) is 4.79 Å². The lowest BCUT2D eigenvalue weighted by Gasteiger charge is -2.04. The molecule has 0 saturated carbocycles. The standard InChI is InChI=1S/C12H13ClN2O2S/c1-2-17-11(16)5-6-15-10-7-8(13)3-4-9(10)14-12(15)18/h3-4,7H,2,5-6H2,1H3,(H,14,18). The zero-order valence-corrected chi connectivity index (χ0v) is 11.5. The van der Waals surface area contributed by atoms with Crippen LogP contribution in [0, 0.1) is 4.77 Å². The SMILES string of the molecule is CCOC(=O)CCn1c(=S)[nH]c2ccc(Cl)cc21. The molecule has 96 valence electrons. The molecule has 4 nitrogen and oxygen atoms in total. The minimum Gasteiger partial charge on any atom is -0.466 e. The molecule has 0 fully saturated rings. The Bertz CT molecular complexity index is 633. The second kappa shape index (κ2) is 5.54. The smallest absolute Gasteiger partial charge is 0.307 e. The Balaban J connectivity index is 2.27. The van der Waals surface area contributed by atoms with Crippen molar-refractivity contribution >= 4 is 40.8 Å². The van der Waals surface area contributed by atoms with E-state index in [9.17, 15) is 4.79 Å². The lowest BCUT2D eigenvalue weighted by Crippen LogP contribution is -2.09. The molecule has 1 aromatic carbocycles. The number of benzene rings is 1. The maximum Gasteiger partial charge on any atom is 0.307 e. The van der Waals surface area contributed by atoms with E-state index in [1.165, 1.54) is 0 Å². The molecule has 0 aliphatic rings. The molecular formula is C12H13ClN2O2S. The van der Waals surface area contributed by atoms with Gasteiger partial charge >= 0.3 is 5.97 Å². The van der Waals surface area contributed by atoms with E-state index >= 15 is 0 Å². The van der Waals surface area contributed by atoms with Crippen LogP contribution in [0.1, 0.15) is 13.3 Å². The van der Waals surface area contributed by atoms with Crippen LogP contribution < -0.4 is 0 Å². The minimum absolute atomic E-state index is 0.226. The monoisotopic (exact) mass is 284 g/mol. The van der Waals surface area contributed by atoms with Crippen LogP contribution in [0.15, 0.2) is 18.2 Å². The number of ether oxygens (including phenoxy) is 1. The van der Waals surface area contributed by atoms with Crippen molar-refractivity contribution < 1.29 is 9.53 Å². The van der Waals surface area contributed by atoms with Crippen LogP contribution in [0.4, 0.5) is 0 Å². The molecular weight excluding hydrogens is 272 g/mol. The third kappa shape index (κ3) is 2.73. The normalized spacial score (nSPS) is 10.8. The average molecular weight is 285 g/mol. The number of carbonyl (C=O) groups excluding carboxylic acids is 1. The number of imidazole rings is 1. The largest absolute Gasteiger partial charge is 0.466 e. The van der Waals surface area contributed by atoms with E-state index in [0.717, 1.165) is 11.0 Å². The zero-order chi connectivity index (χ0) is 13.1. The van der Waals surface area contributed by atoms with E-state index in [0.29, 0.717) is 29.4 Å². The highest BCUT2D eigenvalue weighted by molar-refractivity contribution is 7.71. The number of aromatic amines is 1. The van der Waals surface area contributed by atoms with E-state index < -0.39 is 0 Å². The number of hydrogen-bond acceptors (Lipinski definition) is 3. The van der Waals surface area contributed by atoms with Crippen molar-refractivity contribution in [2.24, 2.45) is 0 Å². The summed E-state index contributed by atoms with van der Waals surface area (Å²) in [7, 11) is 0. The van der Waals surface area contributed by atoms with Gasteiger partial charge in [0.05, 0.1) is 24.1 Å². The fourth-order valence-electron chi connectivity index (χ4n) is 1.78. The molecule has 2 rings (SSSR count). The number of esters is 1. The fraction of sp³-hybridized carbons (Fsp3) is 0.333. The van der Waals surface area contributed by atoms with Crippen molar-refractivity contribution in [3.63, 3.8) is 0 Å². The predicted octanol–water partition coefficient (Wildman–Crippen LogP) is 3.31. The number of aryl methyl sites for hydroxylation is 1. The Labute approximate surface area is 115 Å². The Morgan fingerprint density at radius 2 is 2.33 bits per heavy atom. The van der Waals surface area contributed by atoms with Gasteiger partial charge in [0.1, 0.15) is 0 Å². The number of hydrogen-bond donors (Lipinski definition) is 1. The molecule has 0 bridgehead atoms. The first-order valence-corrected chi connectivity index (χ1v) is 6.44. The van der Waals surface area contributed by atoms with E-state index in [1.807, 2.05) is 16.7 Å². The molecule has 0 radical (unpaired) electrons. The van der Waals surface area contributed by atoms with Gasteiger partial charge in [0, 0.05) is 11.6 Å². The van der Waals surface area contributed by atoms with Crippen LogP contribution in [0.5, 0.6) is 0 Å². The van der Waals surface area contributed by atoms with Gasteiger partial charge < -0.3 is 14.3 Å². The second-order valence-corrected chi connectivity index (χ2v) is 4.62. The number of aromatic nitrogens is 2. The molecule has 1 N–H and O–H groups in total. The van der Waals surface area contributed by atoms with Crippen LogP contribution in [-0.2, 0) is 16.1 Å². The van der Waals surface area contributed by atoms with Crippen molar-refractivity contribution in [1.82, 2.24) is 9.55 Å². The van der Waals surface area contributed by atoms with Gasteiger partial charge in [-0.05, 0) is 37.3 Å². The summed E-state index contributed by atoms with van der Waals surface area (Å²) >= 11 is 11.2. The maximum atomic E-state index is 11.3. The molecule has 0 aliphatic carbocycles. The molecule has 1 heterocycles. The van der Waals surface area contributed by atoms with E-state index in [1.54, 1.807) is 13.0 Å². The van der Waals surface area contributed by atoms with E-state index in [2.05, 4.69) is 4.98 Å². The van der Waals surface area contributed by atoms with Gasteiger partial charge in [-0.2, -0.15) is 0 Å². The Kier molecular flexibility index (Phi) is 4.04.